The molecule has 4 N–H and O–H groups in total. The number of Topliss-reactive ketones (excluding diaryl/α,β-unsaturated/α-hetero) is 3. The van der Waals surface area contributed by atoms with Crippen molar-refractivity contribution in [3.05, 3.63) is 0 Å². The van der Waals surface area contributed by atoms with Gasteiger partial charge in [-0.1, -0.05) is 0 Å². The van der Waals surface area contributed by atoms with Crippen LogP contribution < -0.4 is 0 Å². The van der Waals surface area contributed by atoms with E-state index in [-0.39, 0.29) is 24.4 Å². The summed E-state index contributed by atoms with van der Waals surface area (Å²) in [6.45, 7) is 9.30. The minimum absolute atomic E-state index is 0.328. The summed E-state index contributed by atoms with van der Waals surface area (Å²) < 4.78 is 40.3. The van der Waals surface area contributed by atoms with Crippen LogP contribution in [0.1, 0.15) is 48.0 Å². The molecule has 0 rings (SSSR count). The van der Waals surface area contributed by atoms with E-state index in [1.807, 2.05) is 0 Å². The van der Waals surface area contributed by atoms with Crippen molar-refractivity contribution in [2.24, 2.45) is 0 Å². The molecule has 0 aliphatic carbocycles. The van der Waals surface area contributed by atoms with Gasteiger partial charge in [0.2, 0.25) is 5.78 Å². The average Bonchev–Trinajstić information content (AvgIpc) is 2.22. The summed E-state index contributed by atoms with van der Waals surface area (Å²) in [5.74, 6) is -3.49. The summed E-state index contributed by atoms with van der Waals surface area (Å²) >= 11 is -5.00. The topological polar surface area (TPSA) is 151 Å². The first-order valence-corrected chi connectivity index (χ1v) is 9.70. The Hall–Kier alpha value is -0.516. The summed E-state index contributed by atoms with van der Waals surface area (Å²) in [7, 11) is 0. The maximum atomic E-state index is 12.1. The number of carbonyl (C=O) groups is 3. The zero-order valence-corrected chi connectivity index (χ0v) is 15.8. The van der Waals surface area contributed by atoms with Gasteiger partial charge in [0, 0.05) is 6.92 Å². The molecule has 0 spiro atoms. The molecule has 0 heterocycles. The molecule has 0 radical (unpaired) electrons. The van der Waals surface area contributed by atoms with Crippen LogP contribution in [0.25, 0.3) is 0 Å². The third kappa shape index (κ3) is 12.6. The number of hydrogen-bond donors (Lipinski definition) is 4. The van der Waals surface area contributed by atoms with Crippen LogP contribution in [0.15, 0.2) is 0 Å². The Morgan fingerprint density at radius 1 is 0.913 bits per heavy atom. The summed E-state index contributed by atoms with van der Waals surface area (Å²) in [6, 6.07) is 0. The maximum absolute atomic E-state index is 12.1. The zero-order valence-electron chi connectivity index (χ0n) is 14.2. The molecule has 0 saturated heterocycles. The minimum atomic E-state index is -5.00. The van der Waals surface area contributed by atoms with Gasteiger partial charge in [-0.25, -0.2) is 0 Å². The van der Waals surface area contributed by atoms with Gasteiger partial charge in [-0.2, -0.15) is 0 Å². The molecule has 0 aliphatic heterocycles. The molecular formula is C13H26O9Ti. The zero-order chi connectivity index (χ0) is 19.0. The molecule has 0 aromatic heterocycles. The Morgan fingerprint density at radius 3 is 1.39 bits per heavy atom. The quantitative estimate of drug-likeness (QED) is 0.249. The number of hydrogen-bond acceptors (Lipinski definition) is 9. The molecule has 23 heavy (non-hydrogen) atoms. The fraction of sp³-hybridized carbons (Fsp3) is 0.769. The van der Waals surface area contributed by atoms with Crippen LogP contribution in [0.5, 0.6) is 0 Å². The van der Waals surface area contributed by atoms with Crippen LogP contribution >= 0.6 is 0 Å². The molecule has 10 heteroatoms. The van der Waals surface area contributed by atoms with E-state index in [1.54, 1.807) is 27.7 Å². The van der Waals surface area contributed by atoms with Crippen LogP contribution in [0, 0.1) is 0 Å². The van der Waals surface area contributed by atoms with E-state index in [2.05, 4.69) is 0 Å². The number of ether oxygens (including phenoxy) is 2. The first-order valence-electron chi connectivity index (χ1n) is 6.90. The van der Waals surface area contributed by atoms with Crippen LogP contribution in [0.2, 0.25) is 0 Å². The van der Waals surface area contributed by atoms with Gasteiger partial charge in [0.25, 0.3) is 5.79 Å². The molecule has 0 aromatic rings. The molecule has 0 unspecified atom stereocenters. The number of carbonyl (C=O) groups excluding carboxylic acids is 3. The Bertz CT molecular complexity index is 396. The van der Waals surface area contributed by atoms with Crippen LogP contribution in [0.4, 0.5) is 0 Å². The predicted molar refractivity (Wildman–Crippen MR) is 75.0 cm³/mol. The normalized spacial score (nSPS) is 12.0. The number of rotatable bonds is 8. The Balaban J connectivity index is 0. The third-order valence-electron chi connectivity index (χ3n) is 2.04. The van der Waals surface area contributed by atoms with Gasteiger partial charge in [-0.15, -0.1) is 0 Å². The second-order valence-corrected chi connectivity index (χ2v) is 7.28. The third-order valence-corrected chi connectivity index (χ3v) is 2.04. The Morgan fingerprint density at radius 2 is 1.22 bits per heavy atom. The molecule has 0 aromatic carbocycles. The van der Waals surface area contributed by atoms with E-state index in [9.17, 15) is 14.4 Å². The van der Waals surface area contributed by atoms with Crippen molar-refractivity contribution in [3.63, 3.8) is 0 Å². The van der Waals surface area contributed by atoms with Gasteiger partial charge < -0.3 is 9.47 Å². The second-order valence-electron chi connectivity index (χ2n) is 5.41. The summed E-state index contributed by atoms with van der Waals surface area (Å²) in [6.07, 6.45) is -1.12. The molecule has 0 amide bonds. The van der Waals surface area contributed by atoms with Gasteiger partial charge in [-0.05, 0) is 34.6 Å². The molecule has 0 aliphatic rings. The standard InChI is InChI=1S/C13H22O5.4H2O.Ti/c1-8(2)17-13(11(6)15,18-9(3)4)12(16)7-10(5)14;;;;;/h8-9H,7H2,1-6H3;4*1H2;/q;;;;;+4/p-4. The van der Waals surface area contributed by atoms with Crippen molar-refractivity contribution in [1.29, 1.82) is 0 Å². The van der Waals surface area contributed by atoms with Crippen molar-refractivity contribution < 1.29 is 56.8 Å². The van der Waals surface area contributed by atoms with Gasteiger partial charge in [0.15, 0.2) is 5.78 Å². The molecule has 0 atom stereocenters. The summed E-state index contributed by atoms with van der Waals surface area (Å²) in [4.78, 5) is 34.9. The van der Waals surface area contributed by atoms with E-state index in [4.69, 9.17) is 24.2 Å². The van der Waals surface area contributed by atoms with E-state index < -0.39 is 35.5 Å². The Labute approximate surface area is 140 Å². The van der Waals surface area contributed by atoms with Gasteiger partial charge in [0.05, 0.1) is 18.6 Å². The van der Waals surface area contributed by atoms with E-state index in [0.717, 1.165) is 0 Å². The van der Waals surface area contributed by atoms with Crippen molar-refractivity contribution >= 4 is 17.3 Å². The first kappa shape index (κ1) is 24.7. The molecule has 9 nitrogen and oxygen atoms in total. The molecule has 0 saturated carbocycles. The Kier molecular flexibility index (Phi) is 11.2. The average molecular weight is 374 g/mol. The SMILES string of the molecule is CC(=O)CC(=O)C(OC(C)C)(OC(C)C)C(C)=O.[OH][Ti]([OH])([OH])[OH]. The molecule has 0 fully saturated rings. The van der Waals surface area contributed by atoms with Gasteiger partial charge >= 0.3 is 32.9 Å². The van der Waals surface area contributed by atoms with Crippen LogP contribution in [-0.2, 0) is 42.0 Å². The van der Waals surface area contributed by atoms with E-state index >= 15 is 0 Å². The predicted octanol–water partition coefficient (Wildman–Crippen LogP) is -0.561. The first-order chi connectivity index (χ1) is 10.1. The molecule has 0 bridgehead atoms. The van der Waals surface area contributed by atoms with Crippen molar-refractivity contribution in [1.82, 2.24) is 0 Å². The molecular weight excluding hydrogens is 348 g/mol. The second kappa shape index (κ2) is 10.4. The van der Waals surface area contributed by atoms with Crippen LogP contribution in [0.3, 0.4) is 0 Å². The number of ketones is 3. The van der Waals surface area contributed by atoms with Crippen molar-refractivity contribution in [3.8, 4) is 0 Å². The van der Waals surface area contributed by atoms with Gasteiger partial charge in [-0.3, -0.25) is 14.4 Å². The van der Waals surface area contributed by atoms with Crippen molar-refractivity contribution in [2.75, 3.05) is 0 Å². The summed E-state index contributed by atoms with van der Waals surface area (Å²) in [5, 5.41) is 0. The van der Waals surface area contributed by atoms with E-state index in [0.29, 0.717) is 0 Å². The fourth-order valence-electron chi connectivity index (χ4n) is 1.53. The summed E-state index contributed by atoms with van der Waals surface area (Å²) in [5.41, 5.74) is 0. The molecule has 136 valence electrons. The van der Waals surface area contributed by atoms with Gasteiger partial charge in [0.1, 0.15) is 5.78 Å². The van der Waals surface area contributed by atoms with Crippen molar-refractivity contribution in [2.45, 2.75) is 66.0 Å². The fourth-order valence-corrected chi connectivity index (χ4v) is 1.53. The monoisotopic (exact) mass is 374 g/mol. The van der Waals surface area contributed by atoms with Crippen LogP contribution in [-0.4, -0.2) is 50.1 Å². The van der Waals surface area contributed by atoms with E-state index in [1.165, 1.54) is 13.8 Å².